The molecular formula is C16H24N2. The molecule has 0 aromatic heterocycles. The zero-order valence-electron chi connectivity index (χ0n) is 11.1. The smallest absolute Gasteiger partial charge is 0.0240 e. The maximum Gasteiger partial charge on any atom is 0.0240 e. The van der Waals surface area contributed by atoms with Crippen LogP contribution >= 0.6 is 0 Å². The first kappa shape index (κ1) is 12.2. The lowest BCUT2D eigenvalue weighted by molar-refractivity contribution is 0.144. The molecule has 2 N–H and O–H groups in total. The summed E-state index contributed by atoms with van der Waals surface area (Å²) >= 11 is 0. The van der Waals surface area contributed by atoms with E-state index in [4.69, 9.17) is 5.73 Å². The number of nitrogens with zero attached hydrogens (tertiary/aromatic N) is 1. The quantitative estimate of drug-likeness (QED) is 0.882. The monoisotopic (exact) mass is 244 g/mol. The van der Waals surface area contributed by atoms with Gasteiger partial charge in [0, 0.05) is 19.1 Å². The number of benzene rings is 1. The van der Waals surface area contributed by atoms with E-state index in [1.807, 2.05) is 0 Å². The van der Waals surface area contributed by atoms with Crippen LogP contribution in [-0.2, 0) is 6.54 Å². The highest BCUT2D eigenvalue weighted by molar-refractivity contribution is 5.33. The molecule has 1 saturated heterocycles. The Hall–Kier alpha value is -0.860. The van der Waals surface area contributed by atoms with Gasteiger partial charge in [-0.2, -0.15) is 0 Å². The Bertz CT molecular complexity index is 398. The van der Waals surface area contributed by atoms with Crippen molar-refractivity contribution in [1.29, 1.82) is 0 Å². The minimum absolute atomic E-state index is 0.603. The van der Waals surface area contributed by atoms with Crippen molar-refractivity contribution in [3.8, 4) is 0 Å². The maximum atomic E-state index is 5.92. The molecule has 1 aromatic rings. The molecule has 0 amide bonds. The SMILES string of the molecule is NCC1CCCCN1Cc1ccccc1C1CC1. The number of hydrogen-bond donors (Lipinski definition) is 1. The summed E-state index contributed by atoms with van der Waals surface area (Å²) in [5.41, 5.74) is 9.05. The third-order valence-electron chi connectivity index (χ3n) is 4.47. The Balaban J connectivity index is 1.74. The van der Waals surface area contributed by atoms with E-state index in [-0.39, 0.29) is 0 Å². The number of piperidine rings is 1. The minimum Gasteiger partial charge on any atom is -0.329 e. The second-order valence-corrected chi connectivity index (χ2v) is 5.83. The van der Waals surface area contributed by atoms with Crippen LogP contribution in [0.1, 0.15) is 49.1 Å². The lowest BCUT2D eigenvalue weighted by Gasteiger charge is -2.35. The summed E-state index contributed by atoms with van der Waals surface area (Å²) in [5, 5.41) is 0. The minimum atomic E-state index is 0.603. The van der Waals surface area contributed by atoms with Crippen LogP contribution in [0.15, 0.2) is 24.3 Å². The number of likely N-dealkylation sites (tertiary alicyclic amines) is 1. The summed E-state index contributed by atoms with van der Waals surface area (Å²) in [6, 6.07) is 9.62. The van der Waals surface area contributed by atoms with Gasteiger partial charge in [-0.3, -0.25) is 4.90 Å². The molecule has 2 nitrogen and oxygen atoms in total. The van der Waals surface area contributed by atoms with Crippen LogP contribution in [0.3, 0.4) is 0 Å². The highest BCUT2D eigenvalue weighted by Gasteiger charge is 2.27. The van der Waals surface area contributed by atoms with Gasteiger partial charge in [0.1, 0.15) is 0 Å². The lowest BCUT2D eigenvalue weighted by atomic mass is 9.98. The van der Waals surface area contributed by atoms with Crippen molar-refractivity contribution in [1.82, 2.24) is 4.90 Å². The van der Waals surface area contributed by atoms with Gasteiger partial charge >= 0.3 is 0 Å². The molecule has 0 radical (unpaired) electrons. The fourth-order valence-corrected chi connectivity index (χ4v) is 3.22. The van der Waals surface area contributed by atoms with Gasteiger partial charge in [0.25, 0.3) is 0 Å². The van der Waals surface area contributed by atoms with Crippen LogP contribution in [0.5, 0.6) is 0 Å². The van der Waals surface area contributed by atoms with Crippen LogP contribution in [0.4, 0.5) is 0 Å². The molecule has 1 aliphatic heterocycles. The molecule has 2 fully saturated rings. The van der Waals surface area contributed by atoms with Crippen molar-refractivity contribution in [3.63, 3.8) is 0 Å². The van der Waals surface area contributed by atoms with Gasteiger partial charge in [0.2, 0.25) is 0 Å². The molecule has 2 heteroatoms. The standard InChI is InChI=1S/C16H24N2/c17-11-15-6-3-4-10-18(15)12-14-5-1-2-7-16(14)13-8-9-13/h1-2,5,7,13,15H,3-4,6,8-12,17H2. The van der Waals surface area contributed by atoms with Gasteiger partial charge in [-0.15, -0.1) is 0 Å². The average Bonchev–Trinajstić information content (AvgIpc) is 3.24. The van der Waals surface area contributed by atoms with Crippen molar-refractivity contribution in [2.24, 2.45) is 5.73 Å². The predicted molar refractivity (Wildman–Crippen MR) is 75.5 cm³/mol. The molecular weight excluding hydrogens is 220 g/mol. The normalized spacial score (nSPS) is 25.3. The maximum absolute atomic E-state index is 5.92. The first-order chi connectivity index (χ1) is 8.88. The predicted octanol–water partition coefficient (Wildman–Crippen LogP) is 2.88. The lowest BCUT2D eigenvalue weighted by Crippen LogP contribution is -2.43. The van der Waals surface area contributed by atoms with E-state index in [9.17, 15) is 0 Å². The van der Waals surface area contributed by atoms with Crippen molar-refractivity contribution in [3.05, 3.63) is 35.4 Å². The van der Waals surface area contributed by atoms with E-state index in [1.54, 1.807) is 11.1 Å². The van der Waals surface area contributed by atoms with Crippen molar-refractivity contribution < 1.29 is 0 Å². The van der Waals surface area contributed by atoms with Crippen LogP contribution in [0.25, 0.3) is 0 Å². The third kappa shape index (κ3) is 2.60. The molecule has 1 unspecified atom stereocenters. The molecule has 3 rings (SSSR count). The average molecular weight is 244 g/mol. The topological polar surface area (TPSA) is 29.3 Å². The summed E-state index contributed by atoms with van der Waals surface area (Å²) in [6.07, 6.45) is 6.74. The summed E-state index contributed by atoms with van der Waals surface area (Å²) in [4.78, 5) is 2.60. The van der Waals surface area contributed by atoms with Crippen LogP contribution in [0.2, 0.25) is 0 Å². The molecule has 1 aromatic carbocycles. The highest BCUT2D eigenvalue weighted by Crippen LogP contribution is 2.42. The highest BCUT2D eigenvalue weighted by atomic mass is 15.2. The largest absolute Gasteiger partial charge is 0.329 e. The van der Waals surface area contributed by atoms with Crippen LogP contribution < -0.4 is 5.73 Å². The van der Waals surface area contributed by atoms with Crippen LogP contribution in [0, 0.1) is 0 Å². The molecule has 1 saturated carbocycles. The number of rotatable bonds is 4. The second kappa shape index (κ2) is 5.41. The Morgan fingerprint density at radius 2 is 1.94 bits per heavy atom. The second-order valence-electron chi connectivity index (χ2n) is 5.83. The summed E-state index contributed by atoms with van der Waals surface area (Å²) < 4.78 is 0. The summed E-state index contributed by atoms with van der Waals surface area (Å²) in [5.74, 6) is 0.849. The molecule has 2 aliphatic rings. The van der Waals surface area contributed by atoms with E-state index in [0.29, 0.717) is 6.04 Å². The third-order valence-corrected chi connectivity index (χ3v) is 4.47. The molecule has 0 bridgehead atoms. The first-order valence-corrected chi connectivity index (χ1v) is 7.40. The van der Waals surface area contributed by atoms with Gasteiger partial charge in [-0.05, 0) is 49.3 Å². The van der Waals surface area contributed by atoms with Crippen molar-refractivity contribution >= 4 is 0 Å². The fourth-order valence-electron chi connectivity index (χ4n) is 3.22. The zero-order valence-corrected chi connectivity index (χ0v) is 11.1. The van der Waals surface area contributed by atoms with Gasteiger partial charge in [0.15, 0.2) is 0 Å². The van der Waals surface area contributed by atoms with Crippen molar-refractivity contribution in [2.75, 3.05) is 13.1 Å². The fraction of sp³-hybridized carbons (Fsp3) is 0.625. The Labute approximate surface area is 110 Å². The Morgan fingerprint density at radius 3 is 2.72 bits per heavy atom. The number of hydrogen-bond acceptors (Lipinski definition) is 2. The summed E-state index contributed by atoms with van der Waals surface area (Å²) in [7, 11) is 0. The summed E-state index contributed by atoms with van der Waals surface area (Å²) in [6.45, 7) is 3.14. The van der Waals surface area contributed by atoms with Crippen molar-refractivity contribution in [2.45, 2.75) is 50.6 Å². The molecule has 0 spiro atoms. The van der Waals surface area contributed by atoms with Crippen LogP contribution in [-0.4, -0.2) is 24.0 Å². The van der Waals surface area contributed by atoms with E-state index >= 15 is 0 Å². The van der Waals surface area contributed by atoms with E-state index in [2.05, 4.69) is 29.2 Å². The molecule has 18 heavy (non-hydrogen) atoms. The first-order valence-electron chi connectivity index (χ1n) is 7.40. The van der Waals surface area contributed by atoms with Gasteiger partial charge < -0.3 is 5.73 Å². The zero-order chi connectivity index (χ0) is 12.4. The van der Waals surface area contributed by atoms with Gasteiger partial charge in [0.05, 0.1) is 0 Å². The molecule has 1 aliphatic carbocycles. The van der Waals surface area contributed by atoms with E-state index in [0.717, 1.165) is 19.0 Å². The molecule has 1 atom stereocenters. The van der Waals surface area contributed by atoms with Gasteiger partial charge in [-0.1, -0.05) is 30.7 Å². The van der Waals surface area contributed by atoms with Gasteiger partial charge in [-0.25, -0.2) is 0 Å². The Kier molecular flexibility index (Phi) is 3.67. The number of nitrogens with two attached hydrogens (primary N) is 1. The Morgan fingerprint density at radius 1 is 1.11 bits per heavy atom. The van der Waals surface area contributed by atoms with E-state index < -0.39 is 0 Å². The van der Waals surface area contributed by atoms with E-state index in [1.165, 1.54) is 38.6 Å². The molecule has 1 heterocycles. The molecule has 98 valence electrons.